The second-order valence-electron chi connectivity index (χ2n) is 4.82. The Balaban J connectivity index is 1.93. The molecule has 0 saturated heterocycles. The smallest absolute Gasteiger partial charge is 0.157 e. The lowest BCUT2D eigenvalue weighted by Crippen LogP contribution is -2.12. The van der Waals surface area contributed by atoms with Crippen molar-refractivity contribution < 1.29 is 0 Å². The Morgan fingerprint density at radius 1 is 1.33 bits per heavy atom. The van der Waals surface area contributed by atoms with Gasteiger partial charge in [-0.2, -0.15) is 5.10 Å². The Morgan fingerprint density at radius 3 is 2.90 bits per heavy atom. The molecule has 2 aromatic heterocycles. The predicted molar refractivity (Wildman–Crippen MR) is 89.1 cm³/mol. The number of aromatic nitrogens is 3. The lowest BCUT2D eigenvalue weighted by molar-refractivity contribution is 0.674. The van der Waals surface area contributed by atoms with Crippen molar-refractivity contribution in [2.45, 2.75) is 29.8 Å². The Hall–Kier alpha value is -1.37. The number of fused-ring (bicyclic) bond motifs is 1. The van der Waals surface area contributed by atoms with Crippen molar-refractivity contribution in [2.75, 3.05) is 6.54 Å². The third-order valence-corrected chi connectivity index (χ3v) is 5.60. The Bertz CT molecular complexity index is 727. The molecule has 0 spiro atoms. The van der Waals surface area contributed by atoms with Gasteiger partial charge in [0.05, 0.1) is 15.9 Å². The number of thiazole rings is 1. The summed E-state index contributed by atoms with van der Waals surface area (Å²) in [6.45, 7) is 5.99. The molecule has 0 radical (unpaired) electrons. The van der Waals surface area contributed by atoms with E-state index in [-0.39, 0.29) is 0 Å². The zero-order valence-electron chi connectivity index (χ0n) is 12.4. The van der Waals surface area contributed by atoms with E-state index >= 15 is 0 Å². The molecule has 0 aliphatic heterocycles. The van der Waals surface area contributed by atoms with Crippen LogP contribution in [0.4, 0.5) is 0 Å². The number of para-hydroxylation sites is 1. The molecule has 0 unspecified atom stereocenters. The Morgan fingerprint density at radius 2 is 2.14 bits per heavy atom. The lowest BCUT2D eigenvalue weighted by atomic mass is 10.2. The standard InChI is InChI=1S/C15H18N4S2/c1-4-16-9-11-10(2)18-19(3)14(11)21-15-17-12-7-5-6-8-13(12)20-15/h5-8,16H,4,9H2,1-3H3. The molecule has 0 fully saturated rings. The number of benzene rings is 1. The maximum Gasteiger partial charge on any atom is 0.157 e. The number of nitrogens with one attached hydrogen (secondary N) is 1. The molecule has 110 valence electrons. The van der Waals surface area contributed by atoms with Crippen LogP contribution in [0.5, 0.6) is 0 Å². The minimum Gasteiger partial charge on any atom is -0.313 e. The van der Waals surface area contributed by atoms with Crippen LogP contribution in [0.3, 0.4) is 0 Å². The SMILES string of the molecule is CCNCc1c(C)nn(C)c1Sc1nc2ccccc2s1. The van der Waals surface area contributed by atoms with Crippen LogP contribution in [0.15, 0.2) is 33.6 Å². The van der Waals surface area contributed by atoms with Gasteiger partial charge in [-0.3, -0.25) is 4.68 Å². The van der Waals surface area contributed by atoms with Crippen molar-refractivity contribution in [1.82, 2.24) is 20.1 Å². The zero-order valence-corrected chi connectivity index (χ0v) is 14.0. The quantitative estimate of drug-likeness (QED) is 0.780. The number of hydrogen-bond acceptors (Lipinski definition) is 5. The highest BCUT2D eigenvalue weighted by Gasteiger charge is 2.16. The summed E-state index contributed by atoms with van der Waals surface area (Å²) >= 11 is 3.44. The van der Waals surface area contributed by atoms with Crippen molar-refractivity contribution in [3.8, 4) is 0 Å². The van der Waals surface area contributed by atoms with E-state index in [4.69, 9.17) is 4.98 Å². The topological polar surface area (TPSA) is 42.7 Å². The molecule has 2 heterocycles. The van der Waals surface area contributed by atoms with Crippen LogP contribution in [0.25, 0.3) is 10.2 Å². The molecule has 1 N–H and O–H groups in total. The molecule has 0 amide bonds. The van der Waals surface area contributed by atoms with Crippen LogP contribution in [0.2, 0.25) is 0 Å². The number of rotatable bonds is 5. The van der Waals surface area contributed by atoms with Crippen molar-refractivity contribution in [3.63, 3.8) is 0 Å². The van der Waals surface area contributed by atoms with Crippen LogP contribution in [-0.4, -0.2) is 21.3 Å². The van der Waals surface area contributed by atoms with Crippen LogP contribution in [0.1, 0.15) is 18.2 Å². The molecule has 21 heavy (non-hydrogen) atoms. The maximum atomic E-state index is 4.70. The molecule has 0 saturated carbocycles. The molecule has 6 heteroatoms. The van der Waals surface area contributed by atoms with E-state index in [1.54, 1.807) is 23.1 Å². The third-order valence-electron chi connectivity index (χ3n) is 3.30. The summed E-state index contributed by atoms with van der Waals surface area (Å²) in [4.78, 5) is 4.70. The summed E-state index contributed by atoms with van der Waals surface area (Å²) in [6.07, 6.45) is 0. The van der Waals surface area contributed by atoms with Gasteiger partial charge in [-0.25, -0.2) is 4.98 Å². The first-order valence-electron chi connectivity index (χ1n) is 6.95. The number of aryl methyl sites for hydroxylation is 2. The minimum absolute atomic E-state index is 0.851. The average Bonchev–Trinajstić information content (AvgIpc) is 2.99. The first-order chi connectivity index (χ1) is 10.2. The number of nitrogens with zero attached hydrogens (tertiary/aromatic N) is 3. The maximum absolute atomic E-state index is 4.70. The van der Waals surface area contributed by atoms with Gasteiger partial charge in [0.1, 0.15) is 5.03 Å². The fourth-order valence-corrected chi connectivity index (χ4v) is 4.43. The van der Waals surface area contributed by atoms with E-state index in [0.29, 0.717) is 0 Å². The third kappa shape index (κ3) is 2.97. The lowest BCUT2D eigenvalue weighted by Gasteiger charge is -2.05. The fourth-order valence-electron chi connectivity index (χ4n) is 2.24. The van der Waals surface area contributed by atoms with E-state index in [9.17, 15) is 0 Å². The summed E-state index contributed by atoms with van der Waals surface area (Å²) in [5.74, 6) is 0. The van der Waals surface area contributed by atoms with Gasteiger partial charge in [-0.1, -0.05) is 19.1 Å². The van der Waals surface area contributed by atoms with Crippen molar-refractivity contribution in [1.29, 1.82) is 0 Å². The second-order valence-corrected chi connectivity index (χ2v) is 7.09. The molecular weight excluding hydrogens is 300 g/mol. The van der Waals surface area contributed by atoms with E-state index in [0.717, 1.165) is 28.6 Å². The first kappa shape index (κ1) is 14.6. The molecule has 4 nitrogen and oxygen atoms in total. The fraction of sp³-hybridized carbons (Fsp3) is 0.333. The van der Waals surface area contributed by atoms with Gasteiger partial charge >= 0.3 is 0 Å². The monoisotopic (exact) mass is 318 g/mol. The average molecular weight is 318 g/mol. The molecule has 0 aliphatic rings. The molecular formula is C15H18N4S2. The highest BCUT2D eigenvalue weighted by atomic mass is 32.2. The van der Waals surface area contributed by atoms with Gasteiger partial charge < -0.3 is 5.32 Å². The first-order valence-corrected chi connectivity index (χ1v) is 8.59. The minimum atomic E-state index is 0.851. The van der Waals surface area contributed by atoms with Gasteiger partial charge in [-0.15, -0.1) is 11.3 Å². The van der Waals surface area contributed by atoms with Crippen molar-refractivity contribution in [2.24, 2.45) is 7.05 Å². The van der Waals surface area contributed by atoms with Crippen LogP contribution in [0, 0.1) is 6.92 Å². The molecule has 1 aromatic carbocycles. The summed E-state index contributed by atoms with van der Waals surface area (Å²) < 4.78 is 4.25. The van der Waals surface area contributed by atoms with E-state index in [1.165, 1.54) is 15.3 Å². The summed E-state index contributed by atoms with van der Waals surface area (Å²) in [6, 6.07) is 8.26. The van der Waals surface area contributed by atoms with Crippen LogP contribution in [-0.2, 0) is 13.6 Å². The van der Waals surface area contributed by atoms with Crippen LogP contribution >= 0.6 is 23.1 Å². The van der Waals surface area contributed by atoms with Gasteiger partial charge in [0, 0.05) is 19.2 Å². The largest absolute Gasteiger partial charge is 0.313 e. The highest BCUT2D eigenvalue weighted by Crippen LogP contribution is 2.36. The Kier molecular flexibility index (Phi) is 4.28. The molecule has 0 atom stereocenters. The number of hydrogen-bond donors (Lipinski definition) is 1. The van der Waals surface area contributed by atoms with Gasteiger partial charge in [-0.05, 0) is 37.4 Å². The van der Waals surface area contributed by atoms with Crippen LogP contribution < -0.4 is 5.32 Å². The highest BCUT2D eigenvalue weighted by molar-refractivity contribution is 8.01. The van der Waals surface area contributed by atoms with Gasteiger partial charge in [0.25, 0.3) is 0 Å². The molecule has 0 bridgehead atoms. The molecule has 3 aromatic rings. The summed E-state index contributed by atoms with van der Waals surface area (Å²) in [5, 5.41) is 9.11. The van der Waals surface area contributed by atoms with Gasteiger partial charge in [0.15, 0.2) is 4.34 Å². The van der Waals surface area contributed by atoms with E-state index in [2.05, 4.69) is 42.5 Å². The Labute approximate surface area is 132 Å². The predicted octanol–water partition coefficient (Wildman–Crippen LogP) is 3.60. The van der Waals surface area contributed by atoms with Gasteiger partial charge in [0.2, 0.25) is 0 Å². The van der Waals surface area contributed by atoms with E-state index < -0.39 is 0 Å². The molecule has 3 rings (SSSR count). The van der Waals surface area contributed by atoms with Crippen molar-refractivity contribution >= 4 is 33.3 Å². The van der Waals surface area contributed by atoms with Crippen molar-refractivity contribution in [3.05, 3.63) is 35.5 Å². The zero-order chi connectivity index (χ0) is 14.8. The summed E-state index contributed by atoms with van der Waals surface area (Å²) in [7, 11) is 2.00. The summed E-state index contributed by atoms with van der Waals surface area (Å²) in [5.41, 5.74) is 3.42. The van der Waals surface area contributed by atoms with E-state index in [1.807, 2.05) is 17.8 Å². The molecule has 0 aliphatic carbocycles. The second kappa shape index (κ2) is 6.17. The normalized spacial score (nSPS) is 11.4.